The Kier molecular flexibility index (Phi) is 1.30. The van der Waals surface area contributed by atoms with Crippen LogP contribution in [0.1, 0.15) is 0 Å². The van der Waals surface area contributed by atoms with Crippen molar-refractivity contribution in [3.63, 3.8) is 0 Å². The molecule has 0 aliphatic rings. The van der Waals surface area contributed by atoms with E-state index in [1.165, 1.54) is 11.6 Å². The van der Waals surface area contributed by atoms with Gasteiger partial charge in [0.05, 0.1) is 0 Å². The lowest BCUT2D eigenvalue weighted by Gasteiger charge is -1.93. The van der Waals surface area contributed by atoms with Crippen LogP contribution in [0.25, 0.3) is 11.2 Å². The molecule has 0 amide bonds. The van der Waals surface area contributed by atoms with Gasteiger partial charge in [-0.2, -0.15) is 4.98 Å². The summed E-state index contributed by atoms with van der Waals surface area (Å²) in [7, 11) is 1.51. The maximum absolute atomic E-state index is 11.2. The van der Waals surface area contributed by atoms with E-state index in [0.29, 0.717) is 0 Å². The van der Waals surface area contributed by atoms with Crippen LogP contribution in [0.2, 0.25) is 0 Å². The number of imidazole rings is 1. The number of hydrogen-bond acceptors (Lipinski definition) is 4. The van der Waals surface area contributed by atoms with E-state index in [2.05, 4.69) is 15.0 Å². The topological polar surface area (TPSA) is 110 Å². The van der Waals surface area contributed by atoms with Crippen LogP contribution in [0.4, 0.5) is 5.95 Å². The molecule has 0 bridgehead atoms. The Morgan fingerprint density at radius 1 is 1.38 bits per heavy atom. The summed E-state index contributed by atoms with van der Waals surface area (Å²) in [5, 5.41) is 0. The molecule has 0 aromatic carbocycles. The molecular weight excluding hydrogens is 174 g/mol. The summed E-state index contributed by atoms with van der Waals surface area (Å²) in [6.07, 6.45) is 0. The molecule has 0 aliphatic carbocycles. The highest BCUT2D eigenvalue weighted by atomic mass is 16.1. The molecule has 2 aromatic rings. The number of H-pyrrole nitrogens is 2. The predicted molar refractivity (Wildman–Crippen MR) is 46.4 cm³/mol. The molecule has 2 aromatic heterocycles. The number of hydrogen-bond donors (Lipinski definition) is 3. The van der Waals surface area contributed by atoms with Gasteiger partial charge in [-0.05, 0) is 0 Å². The molecule has 0 spiro atoms. The Morgan fingerprint density at radius 3 is 2.77 bits per heavy atom. The van der Waals surface area contributed by atoms with E-state index in [1.54, 1.807) is 0 Å². The highest BCUT2D eigenvalue weighted by Gasteiger charge is 2.08. The molecule has 68 valence electrons. The van der Waals surface area contributed by atoms with Gasteiger partial charge >= 0.3 is 5.69 Å². The van der Waals surface area contributed by atoms with Crippen molar-refractivity contribution < 1.29 is 0 Å². The van der Waals surface area contributed by atoms with Crippen molar-refractivity contribution in [3.8, 4) is 0 Å². The van der Waals surface area contributed by atoms with E-state index < -0.39 is 11.2 Å². The zero-order valence-corrected chi connectivity index (χ0v) is 6.79. The van der Waals surface area contributed by atoms with Crippen molar-refractivity contribution in [2.24, 2.45) is 7.05 Å². The monoisotopic (exact) mass is 181 g/mol. The van der Waals surface area contributed by atoms with Gasteiger partial charge in [-0.3, -0.25) is 19.3 Å². The zero-order chi connectivity index (χ0) is 9.59. The van der Waals surface area contributed by atoms with Crippen LogP contribution in [0, 0.1) is 0 Å². The molecule has 0 fully saturated rings. The minimum atomic E-state index is -0.444. The van der Waals surface area contributed by atoms with E-state index in [1.807, 2.05) is 0 Å². The number of nitrogens with zero attached hydrogens (tertiary/aromatic N) is 2. The largest absolute Gasteiger partial charge is 0.369 e. The van der Waals surface area contributed by atoms with E-state index in [4.69, 9.17) is 5.73 Å². The van der Waals surface area contributed by atoms with Crippen molar-refractivity contribution in [1.29, 1.82) is 0 Å². The van der Waals surface area contributed by atoms with Crippen LogP contribution < -0.4 is 17.0 Å². The molecule has 0 aliphatic heterocycles. The summed E-state index contributed by atoms with van der Waals surface area (Å²) in [5.41, 5.74) is 4.87. The summed E-state index contributed by atoms with van der Waals surface area (Å²) in [6.45, 7) is 0. The van der Waals surface area contributed by atoms with Crippen LogP contribution >= 0.6 is 0 Å². The fourth-order valence-electron chi connectivity index (χ4n) is 1.12. The van der Waals surface area contributed by atoms with Crippen molar-refractivity contribution in [1.82, 2.24) is 19.5 Å². The molecule has 0 radical (unpaired) electrons. The molecule has 0 saturated carbocycles. The van der Waals surface area contributed by atoms with Crippen molar-refractivity contribution in [2.75, 3.05) is 5.73 Å². The van der Waals surface area contributed by atoms with E-state index >= 15 is 0 Å². The quantitative estimate of drug-likeness (QED) is 0.461. The molecule has 7 nitrogen and oxygen atoms in total. The number of aromatic amines is 2. The fraction of sp³-hybridized carbons (Fsp3) is 0.167. The number of nitrogen functional groups attached to an aromatic ring is 1. The van der Waals surface area contributed by atoms with Crippen LogP contribution in [0.5, 0.6) is 0 Å². The minimum Gasteiger partial charge on any atom is -0.369 e. The third-order valence-corrected chi connectivity index (χ3v) is 1.77. The number of aromatic nitrogens is 4. The molecule has 7 heteroatoms. The van der Waals surface area contributed by atoms with Gasteiger partial charge in [-0.25, -0.2) is 4.79 Å². The Morgan fingerprint density at radius 2 is 2.08 bits per heavy atom. The third kappa shape index (κ3) is 0.934. The molecular formula is C6H7N5O2. The molecule has 13 heavy (non-hydrogen) atoms. The Hall–Kier alpha value is -2.05. The molecule has 0 atom stereocenters. The van der Waals surface area contributed by atoms with Gasteiger partial charge in [0, 0.05) is 7.05 Å². The Balaban J connectivity index is 3.12. The smallest absolute Gasteiger partial charge is 0.327 e. The van der Waals surface area contributed by atoms with E-state index in [0.717, 1.165) is 0 Å². The van der Waals surface area contributed by atoms with Gasteiger partial charge in [0.15, 0.2) is 11.2 Å². The highest BCUT2D eigenvalue weighted by Crippen LogP contribution is 1.99. The Labute approximate surface area is 71.2 Å². The van der Waals surface area contributed by atoms with Gasteiger partial charge < -0.3 is 5.73 Å². The predicted octanol–water partition coefficient (Wildman–Crippen LogP) is -1.47. The number of nitrogens with one attached hydrogen (secondary N) is 2. The highest BCUT2D eigenvalue weighted by molar-refractivity contribution is 5.70. The van der Waals surface area contributed by atoms with Crippen LogP contribution in [0.15, 0.2) is 9.59 Å². The summed E-state index contributed by atoms with van der Waals surface area (Å²) in [6, 6.07) is 0. The summed E-state index contributed by atoms with van der Waals surface area (Å²) >= 11 is 0. The second kappa shape index (κ2) is 2.22. The van der Waals surface area contributed by atoms with Crippen molar-refractivity contribution >= 4 is 17.1 Å². The number of aryl methyl sites for hydroxylation is 1. The number of rotatable bonds is 0. The average molecular weight is 181 g/mol. The molecule has 0 unspecified atom stereocenters. The fourth-order valence-corrected chi connectivity index (χ4v) is 1.12. The standard InChI is InChI=1S/C6H7N5O2/c1-11-3-2(8-6(11)13)4(12)10-5(7)9-3/h1H3,(H,8,13)(H3,7,9,10,12). The lowest BCUT2D eigenvalue weighted by atomic mass is 10.5. The molecule has 2 rings (SSSR count). The van der Waals surface area contributed by atoms with E-state index in [-0.39, 0.29) is 17.1 Å². The van der Waals surface area contributed by atoms with Gasteiger partial charge in [0.25, 0.3) is 5.56 Å². The van der Waals surface area contributed by atoms with Crippen LogP contribution in [0.3, 0.4) is 0 Å². The SMILES string of the molecule is Cn1c(=O)[nH]c2c(=O)[nH]c(N)nc21. The Bertz CT molecular complexity index is 575. The lowest BCUT2D eigenvalue weighted by molar-refractivity contribution is 0.878. The molecule has 2 heterocycles. The lowest BCUT2D eigenvalue weighted by Crippen LogP contribution is -2.12. The summed E-state index contributed by atoms with van der Waals surface area (Å²) < 4.78 is 1.22. The van der Waals surface area contributed by atoms with Gasteiger partial charge in [-0.1, -0.05) is 0 Å². The van der Waals surface area contributed by atoms with Crippen molar-refractivity contribution in [3.05, 3.63) is 20.8 Å². The van der Waals surface area contributed by atoms with Crippen LogP contribution in [-0.4, -0.2) is 19.5 Å². The average Bonchev–Trinajstić information content (AvgIpc) is 2.32. The number of nitrogens with two attached hydrogens (primary N) is 1. The first kappa shape index (κ1) is 7.59. The van der Waals surface area contributed by atoms with E-state index in [9.17, 15) is 9.59 Å². The maximum Gasteiger partial charge on any atom is 0.327 e. The summed E-state index contributed by atoms with van der Waals surface area (Å²) in [4.78, 5) is 30.7. The second-order valence-corrected chi connectivity index (χ2v) is 2.64. The second-order valence-electron chi connectivity index (χ2n) is 2.64. The van der Waals surface area contributed by atoms with Crippen LogP contribution in [-0.2, 0) is 7.05 Å². The van der Waals surface area contributed by atoms with Gasteiger partial charge in [0.1, 0.15) is 0 Å². The van der Waals surface area contributed by atoms with Crippen molar-refractivity contribution in [2.45, 2.75) is 0 Å². The van der Waals surface area contributed by atoms with Gasteiger partial charge in [0.2, 0.25) is 5.95 Å². The third-order valence-electron chi connectivity index (χ3n) is 1.77. The molecule has 4 N–H and O–H groups in total. The maximum atomic E-state index is 11.2. The summed E-state index contributed by atoms with van der Waals surface area (Å²) in [5.74, 6) is -0.00731. The minimum absolute atomic E-state index is 0.00731. The first-order valence-electron chi connectivity index (χ1n) is 3.54. The zero-order valence-electron chi connectivity index (χ0n) is 6.79. The van der Waals surface area contributed by atoms with Gasteiger partial charge in [-0.15, -0.1) is 0 Å². The first-order valence-corrected chi connectivity index (χ1v) is 3.54. The first-order chi connectivity index (χ1) is 6.09. The number of anilines is 1. The number of fused-ring (bicyclic) bond motifs is 1. The normalized spacial score (nSPS) is 10.8. The molecule has 0 saturated heterocycles.